The number of nitrogens with one attached hydrogen (secondary N) is 1. The Hall–Kier alpha value is -3.17. The van der Waals surface area contributed by atoms with E-state index in [0.717, 1.165) is 15.7 Å². The molecule has 1 aliphatic heterocycles. The number of thioether (sulfide) groups is 1. The number of rotatable bonds is 4. The highest BCUT2D eigenvalue weighted by atomic mass is 79.9. The molecule has 160 valence electrons. The van der Waals surface area contributed by atoms with E-state index in [4.69, 9.17) is 4.74 Å². The second kappa shape index (κ2) is 8.76. The quantitative estimate of drug-likeness (QED) is 0.328. The predicted octanol–water partition coefficient (Wildman–Crippen LogP) is 5.94. The number of anilines is 1. The minimum Gasteiger partial charge on any atom is -0.508 e. The topological polar surface area (TPSA) is 80.2 Å². The van der Waals surface area contributed by atoms with Crippen LogP contribution in [0.15, 0.2) is 76.4 Å². The standard InChI is InChI=1S/C23H16BrFN4O2S/c24-17-10-9-14(30)11-16(17)21-26-19-8-4-2-6-15(19)20-22(31-21)27-23(29-28-20)32-12-13-5-1-3-7-18(13)25/h1-11,21,26,30H,12H2/t21-/m0/s1. The molecule has 0 bridgehead atoms. The molecule has 2 N–H and O–H groups in total. The van der Waals surface area contributed by atoms with Gasteiger partial charge in [0.15, 0.2) is 11.9 Å². The number of aromatic nitrogens is 3. The van der Waals surface area contributed by atoms with Gasteiger partial charge < -0.3 is 15.2 Å². The van der Waals surface area contributed by atoms with Crippen LogP contribution in [0, 0.1) is 5.82 Å². The van der Waals surface area contributed by atoms with Gasteiger partial charge in [0, 0.05) is 27.0 Å². The average molecular weight is 511 g/mol. The lowest BCUT2D eigenvalue weighted by Gasteiger charge is -2.20. The zero-order chi connectivity index (χ0) is 22.1. The minimum atomic E-state index is -0.639. The normalized spacial score (nSPS) is 14.5. The number of fused-ring (bicyclic) bond motifs is 3. The molecule has 0 fully saturated rings. The van der Waals surface area contributed by atoms with Crippen molar-refractivity contribution in [2.24, 2.45) is 0 Å². The maximum Gasteiger partial charge on any atom is 0.247 e. The molecule has 0 unspecified atom stereocenters. The summed E-state index contributed by atoms with van der Waals surface area (Å²) in [6.45, 7) is 0. The lowest BCUT2D eigenvalue weighted by Crippen LogP contribution is -2.17. The first-order valence-corrected chi connectivity index (χ1v) is 11.5. The van der Waals surface area contributed by atoms with Gasteiger partial charge in [-0.3, -0.25) is 0 Å². The Labute approximate surface area is 196 Å². The molecule has 6 nitrogen and oxygen atoms in total. The highest BCUT2D eigenvalue weighted by molar-refractivity contribution is 9.10. The first kappa shape index (κ1) is 20.7. The van der Waals surface area contributed by atoms with Crippen molar-refractivity contribution in [1.82, 2.24) is 15.2 Å². The Kier molecular flexibility index (Phi) is 5.67. The van der Waals surface area contributed by atoms with E-state index in [1.807, 2.05) is 24.3 Å². The van der Waals surface area contributed by atoms with Gasteiger partial charge >= 0.3 is 0 Å². The molecule has 1 aliphatic rings. The van der Waals surface area contributed by atoms with Crippen LogP contribution < -0.4 is 10.1 Å². The molecule has 0 saturated heterocycles. The van der Waals surface area contributed by atoms with Gasteiger partial charge in [0.2, 0.25) is 11.0 Å². The summed E-state index contributed by atoms with van der Waals surface area (Å²) in [5, 5.41) is 22.3. The Morgan fingerprint density at radius 2 is 1.88 bits per heavy atom. The van der Waals surface area contributed by atoms with Gasteiger partial charge in [0.05, 0.1) is 0 Å². The van der Waals surface area contributed by atoms with E-state index in [1.54, 1.807) is 36.4 Å². The van der Waals surface area contributed by atoms with Crippen LogP contribution in [0.1, 0.15) is 17.4 Å². The Balaban J connectivity index is 1.52. The Bertz CT molecular complexity index is 1310. The zero-order valence-corrected chi connectivity index (χ0v) is 18.9. The Morgan fingerprint density at radius 3 is 2.75 bits per heavy atom. The van der Waals surface area contributed by atoms with Crippen molar-refractivity contribution in [1.29, 1.82) is 0 Å². The lowest BCUT2D eigenvalue weighted by molar-refractivity contribution is 0.224. The largest absolute Gasteiger partial charge is 0.508 e. The first-order valence-electron chi connectivity index (χ1n) is 9.70. The molecule has 1 atom stereocenters. The van der Waals surface area contributed by atoms with E-state index in [1.165, 1.54) is 17.8 Å². The number of hydrogen-bond acceptors (Lipinski definition) is 7. The second-order valence-corrected chi connectivity index (χ2v) is 8.82. The van der Waals surface area contributed by atoms with E-state index >= 15 is 0 Å². The second-order valence-electron chi connectivity index (χ2n) is 7.02. The number of ether oxygens (including phenoxy) is 1. The van der Waals surface area contributed by atoms with Crippen LogP contribution in [0.2, 0.25) is 0 Å². The molecule has 0 amide bonds. The van der Waals surface area contributed by atoms with Crippen molar-refractivity contribution in [2.45, 2.75) is 17.1 Å². The molecule has 0 spiro atoms. The summed E-state index contributed by atoms with van der Waals surface area (Å²) in [4.78, 5) is 4.57. The number of phenols is 1. The molecule has 0 saturated carbocycles. The molecule has 2 heterocycles. The molecule has 3 aromatic carbocycles. The summed E-state index contributed by atoms with van der Waals surface area (Å²) in [6, 6.07) is 19.2. The summed E-state index contributed by atoms with van der Waals surface area (Å²) < 4.78 is 21.0. The van der Waals surface area contributed by atoms with Crippen LogP contribution in [-0.4, -0.2) is 20.3 Å². The molecule has 1 aromatic heterocycles. The number of hydrogen-bond donors (Lipinski definition) is 2. The number of benzene rings is 3. The molecular weight excluding hydrogens is 495 g/mol. The zero-order valence-electron chi connectivity index (χ0n) is 16.5. The van der Waals surface area contributed by atoms with Gasteiger partial charge in [0.25, 0.3) is 0 Å². The van der Waals surface area contributed by atoms with Gasteiger partial charge in [-0.25, -0.2) is 4.39 Å². The van der Waals surface area contributed by atoms with E-state index in [2.05, 4.69) is 36.4 Å². The minimum absolute atomic E-state index is 0.119. The molecule has 0 radical (unpaired) electrons. The molecule has 0 aliphatic carbocycles. The smallest absolute Gasteiger partial charge is 0.247 e. The molecule has 5 rings (SSSR count). The third-order valence-electron chi connectivity index (χ3n) is 4.91. The fourth-order valence-corrected chi connectivity index (χ4v) is 4.56. The lowest BCUT2D eigenvalue weighted by atomic mass is 10.1. The van der Waals surface area contributed by atoms with Crippen molar-refractivity contribution in [3.8, 4) is 22.9 Å². The van der Waals surface area contributed by atoms with Crippen molar-refractivity contribution in [3.63, 3.8) is 0 Å². The summed E-state index contributed by atoms with van der Waals surface area (Å²) >= 11 is 4.80. The average Bonchev–Trinajstić information content (AvgIpc) is 2.96. The fraction of sp³-hybridized carbons (Fsp3) is 0.0870. The number of para-hydroxylation sites is 1. The van der Waals surface area contributed by atoms with Gasteiger partial charge in [-0.05, 0) is 35.9 Å². The van der Waals surface area contributed by atoms with Gasteiger partial charge in [-0.1, -0.05) is 64.1 Å². The van der Waals surface area contributed by atoms with E-state index in [-0.39, 0.29) is 11.6 Å². The number of phenolic OH excluding ortho intramolecular Hbond substituents is 1. The highest BCUT2D eigenvalue weighted by Gasteiger charge is 2.27. The van der Waals surface area contributed by atoms with E-state index in [9.17, 15) is 9.50 Å². The van der Waals surface area contributed by atoms with E-state index < -0.39 is 6.23 Å². The highest BCUT2D eigenvalue weighted by Crippen LogP contribution is 2.41. The van der Waals surface area contributed by atoms with Crippen LogP contribution in [0.5, 0.6) is 11.6 Å². The van der Waals surface area contributed by atoms with Crippen LogP contribution in [0.3, 0.4) is 0 Å². The monoisotopic (exact) mass is 510 g/mol. The third-order valence-corrected chi connectivity index (χ3v) is 6.52. The SMILES string of the molecule is Oc1ccc(Br)c([C@H]2Nc3ccccc3-c3nnc(SCc4ccccc4F)nc3O2)c1. The fourth-order valence-electron chi connectivity index (χ4n) is 3.34. The molecular formula is C23H16BrFN4O2S. The van der Waals surface area contributed by atoms with Gasteiger partial charge in [0.1, 0.15) is 11.6 Å². The van der Waals surface area contributed by atoms with E-state index in [0.29, 0.717) is 33.6 Å². The van der Waals surface area contributed by atoms with Crippen LogP contribution in [0.4, 0.5) is 10.1 Å². The predicted molar refractivity (Wildman–Crippen MR) is 124 cm³/mol. The number of halogens is 2. The first-order chi connectivity index (χ1) is 15.6. The summed E-state index contributed by atoms with van der Waals surface area (Å²) in [5.41, 5.74) is 3.36. The summed E-state index contributed by atoms with van der Waals surface area (Å²) in [6.07, 6.45) is -0.639. The molecule has 32 heavy (non-hydrogen) atoms. The van der Waals surface area contributed by atoms with Crippen LogP contribution in [0.25, 0.3) is 11.3 Å². The van der Waals surface area contributed by atoms with Crippen molar-refractivity contribution in [2.75, 3.05) is 5.32 Å². The number of aromatic hydroxyl groups is 1. The maximum absolute atomic E-state index is 14.0. The third kappa shape index (κ3) is 4.13. The summed E-state index contributed by atoms with van der Waals surface area (Å²) in [7, 11) is 0. The van der Waals surface area contributed by atoms with Crippen molar-refractivity contribution < 1.29 is 14.2 Å². The van der Waals surface area contributed by atoms with Gasteiger partial charge in [-0.15, -0.1) is 10.2 Å². The molecule has 4 aromatic rings. The number of nitrogens with zero attached hydrogens (tertiary/aromatic N) is 3. The van der Waals surface area contributed by atoms with Crippen LogP contribution >= 0.6 is 27.7 Å². The maximum atomic E-state index is 14.0. The van der Waals surface area contributed by atoms with Crippen molar-refractivity contribution >= 4 is 33.4 Å². The Morgan fingerprint density at radius 1 is 1.06 bits per heavy atom. The van der Waals surface area contributed by atoms with Gasteiger partial charge in [-0.2, -0.15) is 4.98 Å². The van der Waals surface area contributed by atoms with Crippen LogP contribution in [-0.2, 0) is 5.75 Å². The van der Waals surface area contributed by atoms with Crippen molar-refractivity contribution in [3.05, 3.63) is 88.1 Å². The summed E-state index contributed by atoms with van der Waals surface area (Å²) in [5.74, 6) is 0.511. The molecule has 9 heteroatoms.